The molecule has 0 atom stereocenters. The molecular weight excluding hydrogens is 261 g/mol. The van der Waals surface area contributed by atoms with E-state index in [4.69, 9.17) is 12.2 Å². The molecule has 3 nitrogen and oxygen atoms in total. The molecule has 0 spiro atoms. The molecule has 1 saturated heterocycles. The smallest absolute Gasteiger partial charge is 0.169 e. The van der Waals surface area contributed by atoms with E-state index in [9.17, 15) is 4.39 Å². The van der Waals surface area contributed by atoms with Gasteiger partial charge in [-0.2, -0.15) is 0 Å². The fourth-order valence-corrected chi connectivity index (χ4v) is 2.68. The molecular formula is C14H21FN3S+. The van der Waals surface area contributed by atoms with E-state index in [1.165, 1.54) is 22.6 Å². The minimum atomic E-state index is -0.167. The van der Waals surface area contributed by atoms with Crippen molar-refractivity contribution in [1.29, 1.82) is 0 Å². The van der Waals surface area contributed by atoms with Crippen LogP contribution in [0.4, 0.5) is 4.39 Å². The first kappa shape index (κ1) is 14.2. The molecule has 2 rings (SSSR count). The maximum atomic E-state index is 12.8. The van der Waals surface area contributed by atoms with Gasteiger partial charge in [-0.3, -0.25) is 0 Å². The molecule has 0 unspecified atom stereocenters. The number of nitrogens with one attached hydrogen (secondary N) is 2. The Balaban J connectivity index is 1.80. The first-order valence-corrected chi connectivity index (χ1v) is 7.20. The fraction of sp³-hybridized carbons (Fsp3) is 0.500. The van der Waals surface area contributed by atoms with E-state index in [1.807, 2.05) is 12.1 Å². The Morgan fingerprint density at radius 3 is 2.53 bits per heavy atom. The summed E-state index contributed by atoms with van der Waals surface area (Å²) in [5.74, 6) is -0.167. The highest BCUT2D eigenvalue weighted by Gasteiger charge is 2.21. The van der Waals surface area contributed by atoms with Crippen LogP contribution in [0.2, 0.25) is 0 Å². The lowest BCUT2D eigenvalue weighted by Gasteiger charge is -2.33. The van der Waals surface area contributed by atoms with E-state index >= 15 is 0 Å². The summed E-state index contributed by atoms with van der Waals surface area (Å²) in [6, 6.07) is 6.81. The number of thiocarbonyl (C=S) groups is 1. The maximum Gasteiger partial charge on any atom is 0.169 e. The third-order valence-electron chi connectivity index (χ3n) is 3.45. The lowest BCUT2D eigenvalue weighted by Crippen LogP contribution is -3.13. The summed E-state index contributed by atoms with van der Waals surface area (Å²) in [5, 5.41) is 4.06. The summed E-state index contributed by atoms with van der Waals surface area (Å²) >= 11 is 5.32. The highest BCUT2D eigenvalue weighted by atomic mass is 32.1. The van der Waals surface area contributed by atoms with Gasteiger partial charge in [-0.25, -0.2) is 4.39 Å². The van der Waals surface area contributed by atoms with Crippen LogP contribution in [0, 0.1) is 5.82 Å². The molecule has 0 aliphatic carbocycles. The standard InChI is InChI=1S/C14H20FN3S/c1-2-16-14(19)18-9-7-17(8-10-18)11-12-3-5-13(15)6-4-12/h3-6H,2,7-11H2,1H3,(H,16,19)/p+1. The van der Waals surface area contributed by atoms with Crippen molar-refractivity contribution in [1.82, 2.24) is 10.2 Å². The predicted octanol–water partition coefficient (Wildman–Crippen LogP) is 0.421. The molecule has 0 amide bonds. The molecule has 19 heavy (non-hydrogen) atoms. The van der Waals surface area contributed by atoms with Crippen LogP contribution in [0.15, 0.2) is 24.3 Å². The highest BCUT2D eigenvalue weighted by molar-refractivity contribution is 7.80. The van der Waals surface area contributed by atoms with Crippen molar-refractivity contribution in [2.24, 2.45) is 0 Å². The zero-order chi connectivity index (χ0) is 13.7. The van der Waals surface area contributed by atoms with Gasteiger partial charge < -0.3 is 15.1 Å². The summed E-state index contributed by atoms with van der Waals surface area (Å²) in [6.45, 7) is 8.02. The summed E-state index contributed by atoms with van der Waals surface area (Å²) in [7, 11) is 0. The summed E-state index contributed by atoms with van der Waals surface area (Å²) in [6.07, 6.45) is 0. The molecule has 0 bridgehead atoms. The number of nitrogens with zero attached hydrogens (tertiary/aromatic N) is 1. The van der Waals surface area contributed by atoms with Gasteiger partial charge in [-0.1, -0.05) is 12.1 Å². The number of hydrogen-bond donors (Lipinski definition) is 2. The Morgan fingerprint density at radius 1 is 1.32 bits per heavy atom. The van der Waals surface area contributed by atoms with Gasteiger partial charge >= 0.3 is 0 Å². The normalized spacial score (nSPS) is 16.4. The number of piperazine rings is 1. The molecule has 1 aliphatic rings. The van der Waals surface area contributed by atoms with Crippen LogP contribution in [0.5, 0.6) is 0 Å². The SMILES string of the molecule is CCNC(=S)N1CC[NH+](Cc2ccc(F)cc2)CC1. The average Bonchev–Trinajstić information content (AvgIpc) is 2.42. The summed E-state index contributed by atoms with van der Waals surface area (Å²) in [5.41, 5.74) is 1.19. The van der Waals surface area contributed by atoms with Crippen molar-refractivity contribution in [3.63, 3.8) is 0 Å². The van der Waals surface area contributed by atoms with Crippen molar-refractivity contribution in [3.8, 4) is 0 Å². The van der Waals surface area contributed by atoms with Gasteiger partial charge in [0, 0.05) is 12.1 Å². The van der Waals surface area contributed by atoms with Crippen LogP contribution in [0.25, 0.3) is 0 Å². The second-order valence-corrected chi connectivity index (χ2v) is 5.26. The minimum Gasteiger partial charge on any atom is -0.363 e. The number of rotatable bonds is 3. The zero-order valence-corrected chi connectivity index (χ0v) is 12.1. The summed E-state index contributed by atoms with van der Waals surface area (Å²) < 4.78 is 12.8. The predicted molar refractivity (Wildman–Crippen MR) is 78.6 cm³/mol. The van der Waals surface area contributed by atoms with E-state index in [-0.39, 0.29) is 5.82 Å². The third kappa shape index (κ3) is 4.14. The van der Waals surface area contributed by atoms with Crippen LogP contribution in [-0.4, -0.2) is 42.7 Å². The third-order valence-corrected chi connectivity index (χ3v) is 3.86. The maximum absolute atomic E-state index is 12.8. The van der Waals surface area contributed by atoms with Crippen molar-refractivity contribution >= 4 is 17.3 Å². The van der Waals surface area contributed by atoms with E-state index in [0.29, 0.717) is 0 Å². The number of benzene rings is 1. The molecule has 2 N–H and O–H groups in total. The van der Waals surface area contributed by atoms with E-state index in [2.05, 4.69) is 17.1 Å². The van der Waals surface area contributed by atoms with Gasteiger partial charge in [0.25, 0.3) is 0 Å². The molecule has 1 aliphatic heterocycles. The van der Waals surface area contributed by atoms with Crippen molar-refractivity contribution in [2.45, 2.75) is 13.5 Å². The van der Waals surface area contributed by atoms with Crippen LogP contribution in [0.1, 0.15) is 12.5 Å². The molecule has 5 heteroatoms. The van der Waals surface area contributed by atoms with Crippen molar-refractivity contribution < 1.29 is 9.29 Å². The van der Waals surface area contributed by atoms with Crippen LogP contribution >= 0.6 is 12.2 Å². The van der Waals surface area contributed by atoms with Crippen LogP contribution in [0.3, 0.4) is 0 Å². The highest BCUT2D eigenvalue weighted by Crippen LogP contribution is 2.01. The van der Waals surface area contributed by atoms with Crippen LogP contribution in [-0.2, 0) is 6.54 Å². The largest absolute Gasteiger partial charge is 0.363 e. The average molecular weight is 282 g/mol. The first-order valence-electron chi connectivity index (χ1n) is 6.80. The lowest BCUT2D eigenvalue weighted by atomic mass is 10.2. The van der Waals surface area contributed by atoms with Crippen molar-refractivity contribution in [3.05, 3.63) is 35.6 Å². The second-order valence-electron chi connectivity index (χ2n) is 4.88. The first-order chi connectivity index (χ1) is 9.19. The van der Waals surface area contributed by atoms with Gasteiger partial charge in [-0.15, -0.1) is 0 Å². The number of halogens is 1. The molecule has 1 aromatic rings. The van der Waals surface area contributed by atoms with E-state index < -0.39 is 0 Å². The number of quaternary nitrogens is 1. The van der Waals surface area contributed by atoms with Crippen LogP contribution < -0.4 is 10.2 Å². The fourth-order valence-electron chi connectivity index (χ4n) is 2.36. The Bertz CT molecular complexity index is 413. The Labute approximate surface area is 119 Å². The monoisotopic (exact) mass is 282 g/mol. The zero-order valence-electron chi connectivity index (χ0n) is 11.3. The van der Waals surface area contributed by atoms with Crippen molar-refractivity contribution in [2.75, 3.05) is 32.7 Å². The summed E-state index contributed by atoms with van der Waals surface area (Å²) in [4.78, 5) is 3.76. The quantitative estimate of drug-likeness (QED) is 0.784. The molecule has 0 aromatic heterocycles. The van der Waals surface area contributed by atoms with Gasteiger partial charge in [0.1, 0.15) is 12.4 Å². The lowest BCUT2D eigenvalue weighted by molar-refractivity contribution is -0.917. The van der Waals surface area contributed by atoms with Gasteiger partial charge in [0.15, 0.2) is 5.11 Å². The second kappa shape index (κ2) is 6.82. The van der Waals surface area contributed by atoms with Gasteiger partial charge in [0.2, 0.25) is 0 Å². The van der Waals surface area contributed by atoms with E-state index in [0.717, 1.165) is 44.4 Å². The van der Waals surface area contributed by atoms with E-state index in [1.54, 1.807) is 0 Å². The number of hydrogen-bond acceptors (Lipinski definition) is 1. The topological polar surface area (TPSA) is 19.7 Å². The molecule has 0 saturated carbocycles. The van der Waals surface area contributed by atoms with Gasteiger partial charge in [0.05, 0.1) is 26.2 Å². The molecule has 1 aromatic carbocycles. The molecule has 1 fully saturated rings. The molecule has 104 valence electrons. The Morgan fingerprint density at radius 2 is 1.95 bits per heavy atom. The minimum absolute atomic E-state index is 0.167. The molecule has 1 heterocycles. The Kier molecular flexibility index (Phi) is 5.10. The Hall–Kier alpha value is -1.20. The van der Waals surface area contributed by atoms with Gasteiger partial charge in [-0.05, 0) is 31.3 Å². The molecule has 0 radical (unpaired) electrons.